The van der Waals surface area contributed by atoms with Crippen molar-refractivity contribution in [3.63, 3.8) is 0 Å². The van der Waals surface area contributed by atoms with Crippen LogP contribution in [-0.4, -0.2) is 51.1 Å². The molecule has 27 heavy (non-hydrogen) atoms. The predicted octanol–water partition coefficient (Wildman–Crippen LogP) is 2.86. The van der Waals surface area contributed by atoms with Gasteiger partial charge in [0, 0.05) is 19.2 Å². The summed E-state index contributed by atoms with van der Waals surface area (Å²) in [5.41, 5.74) is -2.12. The number of halogens is 4. The summed E-state index contributed by atoms with van der Waals surface area (Å²) in [6, 6.07) is 1.95. The topological polar surface area (TPSA) is 83.4 Å². The highest BCUT2D eigenvalue weighted by atomic mass is 19.4. The average Bonchev–Trinajstić information content (AvgIpc) is 3.02. The number of carboxylic acids is 1. The molecule has 0 radical (unpaired) electrons. The quantitative estimate of drug-likeness (QED) is 0.804. The minimum absolute atomic E-state index is 0.0596. The first-order valence-corrected chi connectivity index (χ1v) is 8.00. The second-order valence-electron chi connectivity index (χ2n) is 6.58. The van der Waals surface area contributed by atoms with E-state index in [1.165, 1.54) is 0 Å². The summed E-state index contributed by atoms with van der Waals surface area (Å²) in [5, 5.41) is 9.11. The van der Waals surface area contributed by atoms with E-state index in [2.05, 4.69) is 9.97 Å². The van der Waals surface area contributed by atoms with Crippen LogP contribution in [-0.2, 0) is 4.79 Å². The molecule has 1 fully saturated rings. The minimum atomic E-state index is -5.02. The third-order valence-electron chi connectivity index (χ3n) is 4.88. The summed E-state index contributed by atoms with van der Waals surface area (Å²) in [6.07, 6.45) is -5.79. The van der Waals surface area contributed by atoms with Gasteiger partial charge in [-0.3, -0.25) is 9.59 Å². The molecule has 1 atom stereocenters. The number of carbonyl (C=O) groups excluding carboxylic acids is 1. The van der Waals surface area contributed by atoms with Crippen LogP contribution in [0.15, 0.2) is 12.1 Å². The molecule has 6 nitrogen and oxygen atoms in total. The molecular weight excluding hydrogens is 370 g/mol. The zero-order valence-electron chi connectivity index (χ0n) is 14.4. The van der Waals surface area contributed by atoms with Crippen molar-refractivity contribution in [2.75, 3.05) is 13.1 Å². The van der Waals surface area contributed by atoms with Gasteiger partial charge >= 0.3 is 12.1 Å². The van der Waals surface area contributed by atoms with Crippen LogP contribution in [0.1, 0.15) is 28.2 Å². The number of aliphatic carboxylic acids is 1. The van der Waals surface area contributed by atoms with Gasteiger partial charge in [-0.15, -0.1) is 0 Å². The van der Waals surface area contributed by atoms with Crippen LogP contribution in [0.5, 0.6) is 0 Å². The van der Waals surface area contributed by atoms with E-state index in [1.54, 1.807) is 13.8 Å². The zero-order chi connectivity index (χ0) is 20.1. The number of aryl methyl sites for hydroxylation is 2. The number of hydrogen-bond acceptors (Lipinski definition) is 4. The van der Waals surface area contributed by atoms with Gasteiger partial charge in [0.05, 0.1) is 22.5 Å². The van der Waals surface area contributed by atoms with Gasteiger partial charge in [-0.1, -0.05) is 0 Å². The van der Waals surface area contributed by atoms with Crippen molar-refractivity contribution >= 4 is 22.9 Å². The average molecular weight is 385 g/mol. The molecular formula is C17H15F4N3O3. The van der Waals surface area contributed by atoms with Gasteiger partial charge in [0.25, 0.3) is 5.91 Å². The van der Waals surface area contributed by atoms with E-state index >= 15 is 0 Å². The Hall–Kier alpha value is -2.78. The van der Waals surface area contributed by atoms with E-state index in [9.17, 15) is 27.2 Å². The largest absolute Gasteiger partial charge is 0.481 e. The smallest absolute Gasteiger partial charge is 0.406 e. The number of fused-ring (bicyclic) bond motifs is 1. The van der Waals surface area contributed by atoms with Gasteiger partial charge in [-0.25, -0.2) is 14.4 Å². The van der Waals surface area contributed by atoms with E-state index < -0.39 is 48.8 Å². The Balaban J connectivity index is 2.05. The fourth-order valence-electron chi connectivity index (χ4n) is 3.14. The van der Waals surface area contributed by atoms with Crippen molar-refractivity contribution in [2.45, 2.75) is 26.4 Å². The molecule has 1 aromatic heterocycles. The molecule has 0 saturated carbocycles. The molecule has 1 amide bonds. The number of nitrogens with zero attached hydrogens (tertiary/aromatic N) is 3. The number of carboxylic acid groups (broad SMARTS) is 1. The Morgan fingerprint density at radius 1 is 1.19 bits per heavy atom. The highest BCUT2D eigenvalue weighted by Crippen LogP contribution is 2.46. The van der Waals surface area contributed by atoms with Crippen LogP contribution < -0.4 is 0 Å². The Bertz CT molecular complexity index is 961. The lowest BCUT2D eigenvalue weighted by Gasteiger charge is -2.27. The van der Waals surface area contributed by atoms with Crippen molar-refractivity contribution in [3.8, 4) is 0 Å². The molecule has 2 aromatic rings. The first-order chi connectivity index (χ1) is 12.5. The van der Waals surface area contributed by atoms with Crippen molar-refractivity contribution in [2.24, 2.45) is 5.41 Å². The lowest BCUT2D eigenvalue weighted by atomic mass is 9.86. The maximum atomic E-state index is 13.9. The first-order valence-electron chi connectivity index (χ1n) is 8.00. The van der Waals surface area contributed by atoms with Crippen LogP contribution in [0.3, 0.4) is 0 Å². The summed E-state index contributed by atoms with van der Waals surface area (Å²) in [7, 11) is 0. The Morgan fingerprint density at radius 3 is 2.37 bits per heavy atom. The van der Waals surface area contributed by atoms with Gasteiger partial charge in [-0.05, 0) is 26.3 Å². The number of likely N-dealkylation sites (tertiary alicyclic amines) is 1. The standard InChI is InChI=1S/C17H15F4N3O3/c1-8-9(2)23-13-11(5-10(18)6-12(13)22-8)14(25)24-4-3-16(7-24,15(26)27)17(19,20)21/h5-6H,3-4,7H2,1-2H3,(H,26,27). The van der Waals surface area contributed by atoms with Gasteiger partial charge in [-0.2, -0.15) is 13.2 Å². The number of benzene rings is 1. The molecule has 0 bridgehead atoms. The van der Waals surface area contributed by atoms with Crippen LogP contribution in [0.2, 0.25) is 0 Å². The highest BCUT2D eigenvalue weighted by molar-refractivity contribution is 6.05. The normalized spacial score (nSPS) is 20.3. The van der Waals surface area contributed by atoms with Crippen molar-refractivity contribution in [1.82, 2.24) is 14.9 Å². The van der Waals surface area contributed by atoms with Gasteiger partial charge in [0.1, 0.15) is 11.3 Å². The maximum absolute atomic E-state index is 13.9. The second-order valence-corrected chi connectivity index (χ2v) is 6.58. The van der Waals surface area contributed by atoms with Crippen LogP contribution >= 0.6 is 0 Å². The number of aromatic nitrogens is 2. The summed E-state index contributed by atoms with van der Waals surface area (Å²) in [4.78, 5) is 33.2. The number of amides is 1. The number of hydrogen-bond donors (Lipinski definition) is 1. The van der Waals surface area contributed by atoms with Crippen molar-refractivity contribution < 1.29 is 32.3 Å². The third-order valence-corrected chi connectivity index (χ3v) is 4.88. The highest BCUT2D eigenvalue weighted by Gasteiger charge is 2.64. The van der Waals surface area contributed by atoms with E-state index in [1.807, 2.05) is 0 Å². The number of carbonyl (C=O) groups is 2. The van der Waals surface area contributed by atoms with E-state index in [-0.39, 0.29) is 16.6 Å². The molecule has 144 valence electrons. The number of rotatable bonds is 2. The molecule has 1 unspecified atom stereocenters. The van der Waals surface area contributed by atoms with E-state index in [0.29, 0.717) is 11.4 Å². The third kappa shape index (κ3) is 2.98. The molecule has 1 N–H and O–H groups in total. The maximum Gasteiger partial charge on any atom is 0.406 e. The Kier molecular flexibility index (Phi) is 4.32. The van der Waals surface area contributed by atoms with Gasteiger partial charge in [0.2, 0.25) is 0 Å². The lowest BCUT2D eigenvalue weighted by molar-refractivity contribution is -0.227. The molecule has 2 heterocycles. The summed E-state index contributed by atoms with van der Waals surface area (Å²) in [6.45, 7) is 1.83. The molecule has 0 aliphatic carbocycles. The van der Waals surface area contributed by atoms with E-state index in [0.717, 1.165) is 17.0 Å². The second kappa shape index (κ2) is 6.14. The molecule has 1 saturated heterocycles. The molecule has 1 aliphatic heterocycles. The first kappa shape index (κ1) is 19.0. The van der Waals surface area contributed by atoms with Crippen LogP contribution in [0.4, 0.5) is 17.6 Å². The fraction of sp³-hybridized carbons (Fsp3) is 0.412. The molecule has 1 aromatic carbocycles. The van der Waals surface area contributed by atoms with Gasteiger partial charge in [0.15, 0.2) is 5.41 Å². The summed E-state index contributed by atoms with van der Waals surface area (Å²) >= 11 is 0. The molecule has 1 aliphatic rings. The lowest BCUT2D eigenvalue weighted by Crippen LogP contribution is -2.47. The monoisotopic (exact) mass is 385 g/mol. The SMILES string of the molecule is Cc1nc2cc(F)cc(C(=O)N3CCC(C(=O)O)(C(F)(F)F)C3)c2nc1C. The zero-order valence-corrected chi connectivity index (χ0v) is 14.4. The Labute approximate surface area is 150 Å². The van der Waals surface area contributed by atoms with Gasteiger partial charge < -0.3 is 10.0 Å². The van der Waals surface area contributed by atoms with Crippen LogP contribution in [0.25, 0.3) is 11.0 Å². The van der Waals surface area contributed by atoms with Crippen molar-refractivity contribution in [1.29, 1.82) is 0 Å². The molecule has 0 spiro atoms. The molecule has 3 rings (SSSR count). The fourth-order valence-corrected chi connectivity index (χ4v) is 3.14. The minimum Gasteiger partial charge on any atom is -0.481 e. The Morgan fingerprint density at radius 2 is 1.81 bits per heavy atom. The van der Waals surface area contributed by atoms with Crippen LogP contribution in [0, 0.1) is 25.1 Å². The predicted molar refractivity (Wildman–Crippen MR) is 85.6 cm³/mol. The summed E-state index contributed by atoms with van der Waals surface area (Å²) < 4.78 is 53.9. The summed E-state index contributed by atoms with van der Waals surface area (Å²) in [5.74, 6) is -3.74. The van der Waals surface area contributed by atoms with Crippen molar-refractivity contribution in [3.05, 3.63) is 34.9 Å². The number of alkyl halides is 3. The molecule has 10 heteroatoms. The van der Waals surface area contributed by atoms with E-state index in [4.69, 9.17) is 5.11 Å².